The van der Waals surface area contributed by atoms with Gasteiger partial charge in [-0.25, -0.2) is 4.68 Å². The Morgan fingerprint density at radius 2 is 1.88 bits per heavy atom. The number of aromatic hydroxyl groups is 1. The van der Waals surface area contributed by atoms with Crippen molar-refractivity contribution >= 4 is 29.3 Å². The second kappa shape index (κ2) is 9.68. The Morgan fingerprint density at radius 1 is 1.21 bits per heavy atom. The summed E-state index contributed by atoms with van der Waals surface area (Å²) in [5.41, 5.74) is 3.43. The van der Waals surface area contributed by atoms with Crippen LogP contribution >= 0.6 is 11.8 Å². The summed E-state index contributed by atoms with van der Waals surface area (Å²) in [5.74, 6) is 1.40. The van der Waals surface area contributed by atoms with Crippen LogP contribution < -0.4 is 20.1 Å². The molecular formula is C24H27N5O4S. The highest BCUT2D eigenvalue weighted by Gasteiger charge is 2.35. The fourth-order valence-electron chi connectivity index (χ4n) is 3.90. The van der Waals surface area contributed by atoms with E-state index < -0.39 is 6.04 Å². The minimum Gasteiger partial charge on any atom is -0.502 e. The SMILES string of the molecule is CCSc1nc2n(n1)C(c1cc(OC)c(O)c(OC)c1)C(C(=O)Nc1ccccc1C)=C(C)N2. The molecule has 0 saturated heterocycles. The van der Waals surface area contributed by atoms with Gasteiger partial charge in [0.05, 0.1) is 19.8 Å². The van der Waals surface area contributed by atoms with Crippen LogP contribution in [-0.2, 0) is 4.79 Å². The number of para-hydroxylation sites is 1. The number of methoxy groups -OCH3 is 2. The molecule has 1 unspecified atom stereocenters. The molecule has 2 aromatic carbocycles. The summed E-state index contributed by atoms with van der Waals surface area (Å²) in [6.07, 6.45) is 0. The second-order valence-corrected chi connectivity index (χ2v) is 8.94. The van der Waals surface area contributed by atoms with Crippen molar-refractivity contribution in [1.29, 1.82) is 0 Å². The van der Waals surface area contributed by atoms with Gasteiger partial charge in [-0.3, -0.25) is 4.79 Å². The van der Waals surface area contributed by atoms with Crippen LogP contribution in [0.2, 0.25) is 0 Å². The summed E-state index contributed by atoms with van der Waals surface area (Å²) in [6.45, 7) is 5.79. The summed E-state index contributed by atoms with van der Waals surface area (Å²) in [4.78, 5) is 18.2. The molecule has 1 aromatic heterocycles. The Morgan fingerprint density at radius 3 is 2.50 bits per heavy atom. The third-order valence-corrected chi connectivity index (χ3v) is 6.28. The molecule has 9 nitrogen and oxygen atoms in total. The molecule has 1 aliphatic heterocycles. The Balaban J connectivity index is 1.87. The standard InChI is InChI=1S/C24H27N5O4S/c1-6-34-24-27-23-25-14(3)19(22(31)26-16-10-8-7-9-13(16)2)20(29(23)28-24)15-11-17(32-4)21(30)18(12-15)33-5/h7-12,20,30H,6H2,1-5H3,(H,26,31)(H,25,27,28). The van der Waals surface area contributed by atoms with Crippen LogP contribution in [-0.4, -0.2) is 45.8 Å². The van der Waals surface area contributed by atoms with E-state index in [-0.39, 0.29) is 23.2 Å². The van der Waals surface area contributed by atoms with E-state index in [0.717, 1.165) is 17.0 Å². The van der Waals surface area contributed by atoms with Gasteiger partial charge in [-0.05, 0) is 48.9 Å². The van der Waals surface area contributed by atoms with Gasteiger partial charge in [0.25, 0.3) is 5.91 Å². The van der Waals surface area contributed by atoms with E-state index in [1.165, 1.54) is 26.0 Å². The number of aryl methyl sites for hydroxylation is 1. The number of amides is 1. The Labute approximate surface area is 202 Å². The number of nitrogens with zero attached hydrogens (tertiary/aromatic N) is 3. The highest BCUT2D eigenvalue weighted by molar-refractivity contribution is 7.99. The van der Waals surface area contributed by atoms with Crippen molar-refractivity contribution in [3.63, 3.8) is 0 Å². The normalized spacial score (nSPS) is 14.9. The van der Waals surface area contributed by atoms with E-state index in [2.05, 4.69) is 20.7 Å². The maximum atomic E-state index is 13.6. The van der Waals surface area contributed by atoms with Crippen molar-refractivity contribution in [3.8, 4) is 17.2 Å². The van der Waals surface area contributed by atoms with Gasteiger partial charge in [-0.15, -0.1) is 5.10 Å². The molecule has 1 aliphatic rings. The summed E-state index contributed by atoms with van der Waals surface area (Å²) >= 11 is 1.51. The van der Waals surface area contributed by atoms with Gasteiger partial charge in [0.2, 0.25) is 16.9 Å². The minimum absolute atomic E-state index is 0.115. The summed E-state index contributed by atoms with van der Waals surface area (Å²) in [5, 5.41) is 22.0. The van der Waals surface area contributed by atoms with E-state index >= 15 is 0 Å². The Bertz CT molecular complexity index is 1240. The lowest BCUT2D eigenvalue weighted by Crippen LogP contribution is -2.31. The van der Waals surface area contributed by atoms with E-state index in [9.17, 15) is 9.90 Å². The molecule has 0 bridgehead atoms. The van der Waals surface area contributed by atoms with Crippen molar-refractivity contribution in [2.75, 3.05) is 30.6 Å². The predicted octanol–water partition coefficient (Wildman–Crippen LogP) is 4.35. The number of nitrogens with one attached hydrogen (secondary N) is 2. The second-order valence-electron chi connectivity index (χ2n) is 7.70. The zero-order chi connectivity index (χ0) is 24.4. The van der Waals surface area contributed by atoms with E-state index in [4.69, 9.17) is 9.47 Å². The van der Waals surface area contributed by atoms with Crippen molar-refractivity contribution in [3.05, 3.63) is 58.8 Å². The molecule has 4 rings (SSSR count). The Kier molecular flexibility index (Phi) is 6.69. The largest absolute Gasteiger partial charge is 0.502 e. The van der Waals surface area contributed by atoms with Gasteiger partial charge in [-0.2, -0.15) is 4.98 Å². The molecule has 1 atom stereocenters. The first kappa shape index (κ1) is 23.5. The zero-order valence-corrected chi connectivity index (χ0v) is 20.5. The number of hydrogen-bond acceptors (Lipinski definition) is 8. The van der Waals surface area contributed by atoms with Crippen LogP contribution in [0.4, 0.5) is 11.6 Å². The van der Waals surface area contributed by atoms with Gasteiger partial charge in [-0.1, -0.05) is 36.9 Å². The molecule has 3 N–H and O–H groups in total. The maximum absolute atomic E-state index is 13.6. The molecule has 3 aromatic rings. The first-order chi connectivity index (χ1) is 16.4. The molecule has 0 aliphatic carbocycles. The highest BCUT2D eigenvalue weighted by atomic mass is 32.2. The van der Waals surface area contributed by atoms with Gasteiger partial charge in [0.1, 0.15) is 6.04 Å². The van der Waals surface area contributed by atoms with Gasteiger partial charge >= 0.3 is 0 Å². The van der Waals surface area contributed by atoms with Crippen LogP contribution in [0.25, 0.3) is 0 Å². The molecule has 2 heterocycles. The Hall–Kier alpha value is -3.66. The first-order valence-electron chi connectivity index (χ1n) is 10.8. The maximum Gasteiger partial charge on any atom is 0.255 e. The fraction of sp³-hybridized carbons (Fsp3) is 0.292. The monoisotopic (exact) mass is 481 g/mol. The lowest BCUT2D eigenvalue weighted by Gasteiger charge is -2.29. The number of anilines is 2. The number of phenolic OH excluding ortho intramolecular Hbond substituents is 1. The number of aromatic nitrogens is 3. The van der Waals surface area contributed by atoms with Crippen molar-refractivity contribution in [1.82, 2.24) is 14.8 Å². The molecular weight excluding hydrogens is 454 g/mol. The number of carbonyl (C=O) groups excluding carboxylic acids is 1. The zero-order valence-electron chi connectivity index (χ0n) is 19.7. The van der Waals surface area contributed by atoms with Gasteiger partial charge < -0.3 is 25.2 Å². The number of allylic oxidation sites excluding steroid dienone is 1. The van der Waals surface area contributed by atoms with Crippen LogP contribution in [0.3, 0.4) is 0 Å². The van der Waals surface area contributed by atoms with E-state index in [0.29, 0.717) is 27.9 Å². The van der Waals surface area contributed by atoms with Crippen LogP contribution in [0.5, 0.6) is 17.2 Å². The number of carbonyl (C=O) groups is 1. The van der Waals surface area contributed by atoms with Crippen molar-refractivity contribution in [2.24, 2.45) is 0 Å². The molecule has 0 saturated carbocycles. The fourth-order valence-corrected chi connectivity index (χ4v) is 4.45. The average molecular weight is 482 g/mol. The third-order valence-electron chi connectivity index (χ3n) is 5.56. The lowest BCUT2D eigenvalue weighted by molar-refractivity contribution is -0.113. The average Bonchev–Trinajstić information content (AvgIpc) is 3.22. The topological polar surface area (TPSA) is 111 Å². The number of rotatable bonds is 7. The predicted molar refractivity (Wildman–Crippen MR) is 132 cm³/mol. The highest BCUT2D eigenvalue weighted by Crippen LogP contribution is 2.43. The molecule has 178 valence electrons. The summed E-state index contributed by atoms with van der Waals surface area (Å²) in [6, 6.07) is 10.3. The number of hydrogen-bond donors (Lipinski definition) is 3. The van der Waals surface area contributed by atoms with E-state index in [1.807, 2.05) is 45.0 Å². The molecule has 1 amide bonds. The summed E-state index contributed by atoms with van der Waals surface area (Å²) in [7, 11) is 2.93. The van der Waals surface area contributed by atoms with Crippen molar-refractivity contribution in [2.45, 2.75) is 32.0 Å². The van der Waals surface area contributed by atoms with E-state index in [1.54, 1.807) is 16.8 Å². The molecule has 0 radical (unpaired) electrons. The first-order valence-corrected chi connectivity index (χ1v) is 11.8. The molecule has 10 heteroatoms. The number of thioether (sulfide) groups is 1. The lowest BCUT2D eigenvalue weighted by atomic mass is 9.94. The number of ether oxygens (including phenoxy) is 2. The van der Waals surface area contributed by atoms with Crippen LogP contribution in [0.15, 0.2) is 52.8 Å². The minimum atomic E-state index is -0.637. The third kappa shape index (κ3) is 4.28. The quantitative estimate of drug-likeness (QED) is 0.427. The summed E-state index contributed by atoms with van der Waals surface area (Å²) < 4.78 is 12.4. The van der Waals surface area contributed by atoms with Gasteiger partial charge in [0.15, 0.2) is 11.5 Å². The van der Waals surface area contributed by atoms with Crippen LogP contribution in [0, 0.1) is 6.92 Å². The number of fused-ring (bicyclic) bond motifs is 1. The van der Waals surface area contributed by atoms with Gasteiger partial charge in [0, 0.05) is 11.4 Å². The molecule has 0 fully saturated rings. The van der Waals surface area contributed by atoms with Crippen LogP contribution in [0.1, 0.15) is 31.0 Å². The number of phenols is 1. The number of benzene rings is 2. The molecule has 0 spiro atoms. The van der Waals surface area contributed by atoms with Crippen molar-refractivity contribution < 1.29 is 19.4 Å². The smallest absolute Gasteiger partial charge is 0.255 e. The molecule has 34 heavy (non-hydrogen) atoms.